The molecule has 0 spiro atoms. The van der Waals surface area contributed by atoms with Crippen molar-refractivity contribution >= 4 is 17.3 Å². The molecule has 2 aromatic carbocycles. The zero-order valence-electron chi connectivity index (χ0n) is 13.5. The van der Waals surface area contributed by atoms with Gasteiger partial charge in [0.15, 0.2) is 0 Å². The summed E-state index contributed by atoms with van der Waals surface area (Å²) in [6.07, 6.45) is 0. The first-order valence-corrected chi connectivity index (χ1v) is 8.37. The Morgan fingerprint density at radius 3 is 2.71 bits per heavy atom. The van der Waals surface area contributed by atoms with E-state index in [1.807, 2.05) is 48.7 Å². The van der Waals surface area contributed by atoms with Crippen molar-refractivity contribution in [2.24, 2.45) is 0 Å². The fourth-order valence-corrected chi connectivity index (χ4v) is 3.10. The van der Waals surface area contributed by atoms with E-state index in [-0.39, 0.29) is 6.61 Å². The molecule has 1 aromatic heterocycles. The summed E-state index contributed by atoms with van der Waals surface area (Å²) in [4.78, 5) is 16.8. The van der Waals surface area contributed by atoms with Gasteiger partial charge in [-0.1, -0.05) is 42.0 Å². The van der Waals surface area contributed by atoms with E-state index in [0.29, 0.717) is 11.3 Å². The topological polar surface area (TPSA) is 48.4 Å². The Balaban J connectivity index is 1.69. The minimum Gasteiger partial charge on any atom is -0.496 e. The van der Waals surface area contributed by atoms with E-state index in [0.717, 1.165) is 21.8 Å². The van der Waals surface area contributed by atoms with Crippen molar-refractivity contribution in [3.05, 3.63) is 70.7 Å². The second-order valence-electron chi connectivity index (χ2n) is 5.29. The molecule has 3 aromatic rings. The standard InChI is InChI=1S/C19H17NO3S/c1-13-8-9-17(22-2)16(10-13)19(21)23-11-15-12-24-18(20-15)14-6-4-3-5-7-14/h3-10,12H,11H2,1-2H3. The van der Waals surface area contributed by atoms with Crippen LogP contribution in [0.5, 0.6) is 5.75 Å². The Hall–Kier alpha value is -2.66. The molecule has 0 aliphatic carbocycles. The average Bonchev–Trinajstić information content (AvgIpc) is 3.09. The van der Waals surface area contributed by atoms with E-state index < -0.39 is 5.97 Å². The van der Waals surface area contributed by atoms with Gasteiger partial charge in [0, 0.05) is 10.9 Å². The monoisotopic (exact) mass is 339 g/mol. The molecule has 1 heterocycles. The van der Waals surface area contributed by atoms with E-state index in [1.165, 1.54) is 18.4 Å². The minimum absolute atomic E-state index is 0.138. The maximum atomic E-state index is 12.3. The van der Waals surface area contributed by atoms with Crippen molar-refractivity contribution in [2.75, 3.05) is 7.11 Å². The van der Waals surface area contributed by atoms with Crippen LogP contribution in [0, 0.1) is 6.92 Å². The predicted octanol–water partition coefficient (Wildman–Crippen LogP) is 4.48. The molecule has 122 valence electrons. The third-order valence-corrected chi connectivity index (χ3v) is 4.44. The Morgan fingerprint density at radius 2 is 1.96 bits per heavy atom. The summed E-state index contributed by atoms with van der Waals surface area (Å²) in [5, 5.41) is 2.82. The molecule has 0 aliphatic rings. The Morgan fingerprint density at radius 1 is 1.17 bits per heavy atom. The van der Waals surface area contributed by atoms with Gasteiger partial charge < -0.3 is 9.47 Å². The van der Waals surface area contributed by atoms with Crippen molar-refractivity contribution in [2.45, 2.75) is 13.5 Å². The fourth-order valence-electron chi connectivity index (χ4n) is 2.29. The van der Waals surface area contributed by atoms with E-state index in [9.17, 15) is 4.79 Å². The highest BCUT2D eigenvalue weighted by Gasteiger charge is 2.15. The van der Waals surface area contributed by atoms with Crippen LogP contribution < -0.4 is 4.74 Å². The smallest absolute Gasteiger partial charge is 0.342 e. The van der Waals surface area contributed by atoms with Gasteiger partial charge in [0.2, 0.25) is 0 Å². The fraction of sp³-hybridized carbons (Fsp3) is 0.158. The number of thiazole rings is 1. The molecule has 0 bridgehead atoms. The number of benzene rings is 2. The maximum Gasteiger partial charge on any atom is 0.342 e. The average molecular weight is 339 g/mol. The molecule has 0 saturated heterocycles. The zero-order chi connectivity index (χ0) is 16.9. The lowest BCUT2D eigenvalue weighted by Gasteiger charge is -2.08. The van der Waals surface area contributed by atoms with Crippen LogP contribution in [-0.4, -0.2) is 18.1 Å². The van der Waals surface area contributed by atoms with Gasteiger partial charge in [0.25, 0.3) is 0 Å². The summed E-state index contributed by atoms with van der Waals surface area (Å²) in [5.74, 6) is 0.0960. The summed E-state index contributed by atoms with van der Waals surface area (Å²) in [5.41, 5.74) is 3.19. The van der Waals surface area contributed by atoms with Crippen LogP contribution in [0.2, 0.25) is 0 Å². The molecule has 0 aliphatic heterocycles. The van der Waals surface area contributed by atoms with Crippen LogP contribution >= 0.6 is 11.3 Å². The van der Waals surface area contributed by atoms with Gasteiger partial charge in [-0.05, 0) is 19.1 Å². The summed E-state index contributed by atoms with van der Waals surface area (Å²) < 4.78 is 10.6. The van der Waals surface area contributed by atoms with E-state index >= 15 is 0 Å². The van der Waals surface area contributed by atoms with Gasteiger partial charge in [-0.15, -0.1) is 11.3 Å². The molecule has 0 saturated carbocycles. The Kier molecular flexibility index (Phi) is 4.91. The zero-order valence-corrected chi connectivity index (χ0v) is 14.3. The van der Waals surface area contributed by atoms with Crippen LogP contribution in [0.1, 0.15) is 21.6 Å². The number of esters is 1. The lowest BCUT2D eigenvalue weighted by molar-refractivity contribution is 0.0464. The maximum absolute atomic E-state index is 12.3. The lowest BCUT2D eigenvalue weighted by Crippen LogP contribution is -2.07. The van der Waals surface area contributed by atoms with E-state index in [1.54, 1.807) is 12.1 Å². The second kappa shape index (κ2) is 7.27. The third kappa shape index (κ3) is 3.63. The van der Waals surface area contributed by atoms with Gasteiger partial charge in [-0.3, -0.25) is 0 Å². The molecule has 0 unspecified atom stereocenters. The molecular weight excluding hydrogens is 322 g/mol. The van der Waals surface area contributed by atoms with Gasteiger partial charge in [0.1, 0.15) is 22.9 Å². The molecule has 0 radical (unpaired) electrons. The van der Waals surface area contributed by atoms with Gasteiger partial charge in [-0.25, -0.2) is 9.78 Å². The minimum atomic E-state index is -0.412. The molecule has 5 heteroatoms. The van der Waals surface area contributed by atoms with Crippen molar-refractivity contribution in [3.63, 3.8) is 0 Å². The highest BCUT2D eigenvalue weighted by molar-refractivity contribution is 7.13. The number of hydrogen-bond acceptors (Lipinski definition) is 5. The molecule has 0 amide bonds. The number of hydrogen-bond donors (Lipinski definition) is 0. The number of rotatable bonds is 5. The summed E-state index contributed by atoms with van der Waals surface area (Å²) >= 11 is 1.53. The highest BCUT2D eigenvalue weighted by atomic mass is 32.1. The van der Waals surface area contributed by atoms with Gasteiger partial charge in [0.05, 0.1) is 12.8 Å². The first-order valence-electron chi connectivity index (χ1n) is 7.49. The quantitative estimate of drug-likeness (QED) is 0.643. The van der Waals surface area contributed by atoms with Crippen LogP contribution in [0.25, 0.3) is 10.6 Å². The second-order valence-corrected chi connectivity index (χ2v) is 6.15. The van der Waals surface area contributed by atoms with Crippen molar-refractivity contribution in [3.8, 4) is 16.3 Å². The number of aryl methyl sites for hydroxylation is 1. The van der Waals surface area contributed by atoms with Gasteiger partial charge in [-0.2, -0.15) is 0 Å². The first-order chi connectivity index (χ1) is 11.7. The van der Waals surface area contributed by atoms with E-state index in [2.05, 4.69) is 4.98 Å². The number of nitrogens with zero attached hydrogens (tertiary/aromatic N) is 1. The number of carbonyl (C=O) groups excluding carboxylic acids is 1. The molecular formula is C19H17NO3S. The number of methoxy groups -OCH3 is 1. The van der Waals surface area contributed by atoms with Crippen LogP contribution in [-0.2, 0) is 11.3 Å². The highest BCUT2D eigenvalue weighted by Crippen LogP contribution is 2.24. The molecule has 4 nitrogen and oxygen atoms in total. The number of aromatic nitrogens is 1. The number of carbonyl (C=O) groups is 1. The normalized spacial score (nSPS) is 10.4. The summed E-state index contributed by atoms with van der Waals surface area (Å²) in [6, 6.07) is 15.3. The lowest BCUT2D eigenvalue weighted by atomic mass is 10.1. The SMILES string of the molecule is COc1ccc(C)cc1C(=O)OCc1csc(-c2ccccc2)n1. The Bertz CT molecular complexity index is 843. The molecule has 0 N–H and O–H groups in total. The number of ether oxygens (including phenoxy) is 2. The van der Waals surface area contributed by atoms with Crippen LogP contribution in [0.3, 0.4) is 0 Å². The molecule has 0 atom stereocenters. The largest absolute Gasteiger partial charge is 0.496 e. The van der Waals surface area contributed by atoms with Crippen molar-refractivity contribution < 1.29 is 14.3 Å². The van der Waals surface area contributed by atoms with Crippen molar-refractivity contribution in [1.82, 2.24) is 4.98 Å². The molecule has 3 rings (SSSR count). The third-order valence-electron chi connectivity index (χ3n) is 3.50. The molecule has 0 fully saturated rings. The Labute approximate surface area is 144 Å². The van der Waals surface area contributed by atoms with Crippen LogP contribution in [0.4, 0.5) is 0 Å². The predicted molar refractivity (Wildman–Crippen MR) is 94.4 cm³/mol. The van der Waals surface area contributed by atoms with Crippen LogP contribution in [0.15, 0.2) is 53.9 Å². The first kappa shape index (κ1) is 16.2. The van der Waals surface area contributed by atoms with Gasteiger partial charge >= 0.3 is 5.97 Å². The van der Waals surface area contributed by atoms with E-state index in [4.69, 9.17) is 9.47 Å². The van der Waals surface area contributed by atoms with Crippen molar-refractivity contribution in [1.29, 1.82) is 0 Å². The summed E-state index contributed by atoms with van der Waals surface area (Å²) in [6.45, 7) is 2.06. The summed E-state index contributed by atoms with van der Waals surface area (Å²) in [7, 11) is 1.54. The molecule has 24 heavy (non-hydrogen) atoms.